The van der Waals surface area contributed by atoms with Crippen molar-refractivity contribution in [1.29, 1.82) is 5.26 Å². The van der Waals surface area contributed by atoms with Gasteiger partial charge in [0.15, 0.2) is 0 Å². The Balaban J connectivity index is 1.81. The summed E-state index contributed by atoms with van der Waals surface area (Å²) in [6, 6.07) is 20.1. The second-order valence-electron chi connectivity index (χ2n) is 5.93. The zero-order chi connectivity index (χ0) is 18.1. The van der Waals surface area contributed by atoms with Crippen molar-refractivity contribution in [1.82, 2.24) is 4.98 Å². The minimum atomic E-state index is -0.0876. The summed E-state index contributed by atoms with van der Waals surface area (Å²) in [5.41, 5.74) is 15.7. The molecule has 0 saturated carbocycles. The predicted molar refractivity (Wildman–Crippen MR) is 104 cm³/mol. The lowest BCUT2D eigenvalue weighted by atomic mass is 9.98. The maximum absolute atomic E-state index is 9.39. The third kappa shape index (κ3) is 2.72. The number of aromatic nitrogens is 1. The molecule has 26 heavy (non-hydrogen) atoms. The van der Waals surface area contributed by atoms with Crippen LogP contribution in [0.4, 0.5) is 11.5 Å². The van der Waals surface area contributed by atoms with E-state index < -0.39 is 0 Å². The first kappa shape index (κ1) is 16.3. The van der Waals surface area contributed by atoms with Gasteiger partial charge in [-0.25, -0.2) is 0 Å². The van der Waals surface area contributed by atoms with Crippen LogP contribution in [0.3, 0.4) is 0 Å². The van der Waals surface area contributed by atoms with E-state index in [4.69, 9.17) is 16.2 Å². The van der Waals surface area contributed by atoms with E-state index in [1.165, 1.54) is 5.56 Å². The average Bonchev–Trinajstić information content (AvgIpc) is 2.66. The Hall–Kier alpha value is -3.17. The molecule has 0 spiro atoms. The molecular weight excluding hydrogens is 344 g/mol. The number of anilines is 2. The van der Waals surface area contributed by atoms with Gasteiger partial charge < -0.3 is 16.2 Å². The molecule has 4 rings (SSSR count). The summed E-state index contributed by atoms with van der Waals surface area (Å²) in [5, 5.41) is 9.31. The van der Waals surface area contributed by atoms with Gasteiger partial charge in [-0.2, -0.15) is 10.2 Å². The Labute approximate surface area is 155 Å². The van der Waals surface area contributed by atoms with Crippen LogP contribution in [0.25, 0.3) is 0 Å². The number of nitrogen functional groups attached to an aromatic ring is 2. The smallest absolute Gasteiger partial charge is 0.228 e. The third-order valence-corrected chi connectivity index (χ3v) is 5.63. The lowest BCUT2D eigenvalue weighted by molar-refractivity contribution is 0.441. The molecule has 0 unspecified atom stereocenters. The molecule has 1 aliphatic heterocycles. The van der Waals surface area contributed by atoms with E-state index in [-0.39, 0.29) is 16.6 Å². The van der Waals surface area contributed by atoms with Crippen molar-refractivity contribution < 1.29 is 4.74 Å². The zero-order valence-corrected chi connectivity index (χ0v) is 14.7. The number of pyridine rings is 1. The molecule has 1 aliphatic rings. The number of benzene rings is 2. The number of nitrogens with zero attached hydrogens (tertiary/aromatic N) is 2. The second kappa shape index (κ2) is 6.62. The highest BCUT2D eigenvalue weighted by molar-refractivity contribution is 7.99. The minimum Gasteiger partial charge on any atom is -0.438 e. The molecule has 2 aromatic carbocycles. The first-order valence-electron chi connectivity index (χ1n) is 8.10. The SMILES string of the molecule is N#Cc1c(N)nc2c(c1N)[C@@H](SCc1ccccc1)c1ccccc1O2. The lowest BCUT2D eigenvalue weighted by Crippen LogP contribution is -2.15. The summed E-state index contributed by atoms with van der Waals surface area (Å²) in [6.07, 6.45) is 0. The number of hydrogen-bond donors (Lipinski definition) is 2. The number of para-hydroxylation sites is 1. The fourth-order valence-corrected chi connectivity index (χ4v) is 4.36. The molecule has 3 aromatic rings. The predicted octanol–water partition coefficient (Wildman–Crippen LogP) is 4.25. The molecule has 0 fully saturated rings. The molecule has 2 heterocycles. The topological polar surface area (TPSA) is 98.0 Å². The molecule has 128 valence electrons. The van der Waals surface area contributed by atoms with E-state index in [0.717, 1.165) is 22.6 Å². The summed E-state index contributed by atoms with van der Waals surface area (Å²) >= 11 is 1.72. The van der Waals surface area contributed by atoms with Crippen molar-refractivity contribution in [2.75, 3.05) is 11.5 Å². The maximum Gasteiger partial charge on any atom is 0.228 e. The number of rotatable bonds is 3. The molecule has 0 radical (unpaired) electrons. The average molecular weight is 360 g/mol. The summed E-state index contributed by atoms with van der Waals surface area (Å²) in [7, 11) is 0. The van der Waals surface area contributed by atoms with Crippen LogP contribution in [-0.4, -0.2) is 4.98 Å². The van der Waals surface area contributed by atoms with Crippen LogP contribution in [0.5, 0.6) is 11.6 Å². The van der Waals surface area contributed by atoms with Gasteiger partial charge in [-0.3, -0.25) is 0 Å². The molecule has 1 atom stereocenters. The molecule has 0 aliphatic carbocycles. The number of thioether (sulfide) groups is 1. The summed E-state index contributed by atoms with van der Waals surface area (Å²) in [4.78, 5) is 4.29. The van der Waals surface area contributed by atoms with Crippen LogP contribution >= 0.6 is 11.8 Å². The zero-order valence-electron chi connectivity index (χ0n) is 13.8. The Morgan fingerprint density at radius 1 is 1.08 bits per heavy atom. The van der Waals surface area contributed by atoms with Gasteiger partial charge >= 0.3 is 0 Å². The van der Waals surface area contributed by atoms with Crippen LogP contribution in [0.2, 0.25) is 0 Å². The fourth-order valence-electron chi connectivity index (χ4n) is 3.04. The van der Waals surface area contributed by atoms with Crippen molar-refractivity contribution in [2.45, 2.75) is 11.0 Å². The number of hydrogen-bond acceptors (Lipinski definition) is 6. The highest BCUT2D eigenvalue weighted by Crippen LogP contribution is 2.52. The van der Waals surface area contributed by atoms with Crippen molar-refractivity contribution in [3.63, 3.8) is 0 Å². The lowest BCUT2D eigenvalue weighted by Gasteiger charge is -2.28. The van der Waals surface area contributed by atoms with Crippen molar-refractivity contribution in [2.24, 2.45) is 0 Å². The van der Waals surface area contributed by atoms with E-state index in [9.17, 15) is 5.26 Å². The van der Waals surface area contributed by atoms with Gasteiger partial charge in [0.2, 0.25) is 5.88 Å². The Bertz CT molecular complexity index is 1010. The van der Waals surface area contributed by atoms with E-state index in [1.54, 1.807) is 11.8 Å². The monoisotopic (exact) mass is 360 g/mol. The number of ether oxygens (including phenoxy) is 1. The second-order valence-corrected chi connectivity index (χ2v) is 7.03. The summed E-state index contributed by atoms with van der Waals surface area (Å²) in [5.74, 6) is 2.00. The van der Waals surface area contributed by atoms with Crippen molar-refractivity contribution in [3.05, 3.63) is 76.9 Å². The van der Waals surface area contributed by atoms with Gasteiger partial charge in [0, 0.05) is 11.3 Å². The summed E-state index contributed by atoms with van der Waals surface area (Å²) < 4.78 is 5.93. The highest BCUT2D eigenvalue weighted by atomic mass is 32.2. The van der Waals surface area contributed by atoms with Crippen LogP contribution in [-0.2, 0) is 5.75 Å². The van der Waals surface area contributed by atoms with Gasteiger partial charge in [-0.05, 0) is 11.6 Å². The molecule has 0 saturated heterocycles. The van der Waals surface area contributed by atoms with E-state index in [2.05, 4.69) is 23.2 Å². The Kier molecular flexibility index (Phi) is 4.15. The van der Waals surface area contributed by atoms with Crippen molar-refractivity contribution >= 4 is 23.3 Å². The first-order chi connectivity index (χ1) is 12.7. The molecular formula is C20H16N4OS. The van der Waals surface area contributed by atoms with Gasteiger partial charge in [-0.1, -0.05) is 48.5 Å². The van der Waals surface area contributed by atoms with Crippen molar-refractivity contribution in [3.8, 4) is 17.7 Å². The quantitative estimate of drug-likeness (QED) is 0.725. The maximum atomic E-state index is 9.39. The van der Waals surface area contributed by atoms with Crippen LogP contribution in [0.1, 0.15) is 27.5 Å². The van der Waals surface area contributed by atoms with Gasteiger partial charge in [0.05, 0.1) is 16.5 Å². The first-order valence-corrected chi connectivity index (χ1v) is 9.15. The fraction of sp³-hybridized carbons (Fsp3) is 0.100. The van der Waals surface area contributed by atoms with Crippen LogP contribution < -0.4 is 16.2 Å². The van der Waals surface area contributed by atoms with E-state index >= 15 is 0 Å². The number of fused-ring (bicyclic) bond motifs is 2. The molecule has 1 aromatic heterocycles. The summed E-state index contributed by atoms with van der Waals surface area (Å²) in [6.45, 7) is 0. The van der Waals surface area contributed by atoms with Crippen LogP contribution in [0, 0.1) is 11.3 Å². The molecule has 0 amide bonds. The number of nitrogens with two attached hydrogens (primary N) is 2. The molecule has 5 nitrogen and oxygen atoms in total. The van der Waals surface area contributed by atoms with Crippen LogP contribution in [0.15, 0.2) is 54.6 Å². The molecule has 6 heteroatoms. The van der Waals surface area contributed by atoms with Gasteiger partial charge in [0.25, 0.3) is 0 Å². The minimum absolute atomic E-state index is 0.0876. The Morgan fingerprint density at radius 3 is 2.58 bits per heavy atom. The van der Waals surface area contributed by atoms with E-state index in [0.29, 0.717) is 11.6 Å². The van der Waals surface area contributed by atoms with E-state index in [1.807, 2.05) is 42.5 Å². The Morgan fingerprint density at radius 2 is 1.81 bits per heavy atom. The van der Waals surface area contributed by atoms with Gasteiger partial charge in [0.1, 0.15) is 23.2 Å². The molecule has 4 N–H and O–H groups in total. The largest absolute Gasteiger partial charge is 0.438 e. The molecule has 0 bridgehead atoms. The third-order valence-electron chi connectivity index (χ3n) is 4.31. The standard InChI is InChI=1S/C20H16N4OS/c21-10-14-17(22)16-18(26-11-12-6-2-1-3-7-12)13-8-4-5-9-15(13)25-20(16)24-19(14)23/h1-9,18H,11H2,(H4,22,23,24)/t18-/m0/s1. The normalized spacial score (nSPS) is 14.7. The highest BCUT2D eigenvalue weighted by Gasteiger charge is 2.32. The number of nitriles is 1. The van der Waals surface area contributed by atoms with Gasteiger partial charge in [-0.15, -0.1) is 11.8 Å².